The normalized spacial score (nSPS) is 33.4. The van der Waals surface area contributed by atoms with E-state index in [2.05, 4.69) is 16.8 Å². The van der Waals surface area contributed by atoms with Crippen LogP contribution in [-0.4, -0.2) is 57.9 Å². The number of carbonyl (C=O) groups excluding carboxylic acids is 1. The number of hydrogen-bond donors (Lipinski definition) is 4. The summed E-state index contributed by atoms with van der Waals surface area (Å²) in [6, 6.07) is 10.7. The van der Waals surface area contributed by atoms with Gasteiger partial charge in [-0.2, -0.15) is 0 Å². The topological polar surface area (TPSA) is 108 Å². The van der Waals surface area contributed by atoms with E-state index in [4.69, 9.17) is 10.5 Å². The van der Waals surface area contributed by atoms with Crippen LogP contribution in [0.5, 0.6) is 11.5 Å². The monoisotopic (exact) mass is 475 g/mol. The van der Waals surface area contributed by atoms with Gasteiger partial charge < -0.3 is 26.0 Å². The number of hydrogen-bond acceptors (Lipinski definition) is 6. The molecule has 4 aliphatic rings. The molecule has 0 aromatic heterocycles. The number of aliphatic hydroxyl groups is 1. The van der Waals surface area contributed by atoms with E-state index in [-0.39, 0.29) is 29.7 Å². The predicted octanol–water partition coefficient (Wildman–Crippen LogP) is 2.60. The van der Waals surface area contributed by atoms with Gasteiger partial charge in [0.25, 0.3) is 0 Å². The first kappa shape index (κ1) is 22.4. The number of nitrogens with two attached hydrogens (primary N) is 1. The number of benzene rings is 2. The number of piperidine rings is 1. The van der Waals surface area contributed by atoms with Crippen molar-refractivity contribution < 1.29 is 19.7 Å². The van der Waals surface area contributed by atoms with Crippen molar-refractivity contribution in [2.45, 2.75) is 67.7 Å². The molecule has 2 aliphatic carbocycles. The minimum absolute atomic E-state index is 0.0614. The summed E-state index contributed by atoms with van der Waals surface area (Å²) in [5.74, 6) is 0.147. The highest BCUT2D eigenvalue weighted by Gasteiger charge is 2.73. The molecule has 5 N–H and O–H groups in total. The summed E-state index contributed by atoms with van der Waals surface area (Å²) in [6.45, 7) is 7.33. The number of phenols is 1. The third kappa shape index (κ3) is 2.94. The molecule has 1 saturated heterocycles. The quantitative estimate of drug-likeness (QED) is 0.391. The number of carbonyl (C=O) groups is 1. The van der Waals surface area contributed by atoms with Crippen LogP contribution in [0.4, 0.5) is 5.69 Å². The highest BCUT2D eigenvalue weighted by atomic mass is 16.5. The average molecular weight is 476 g/mol. The van der Waals surface area contributed by atoms with Gasteiger partial charge in [0.2, 0.25) is 5.91 Å². The highest BCUT2D eigenvalue weighted by Crippen LogP contribution is 2.65. The molecule has 2 heterocycles. The van der Waals surface area contributed by atoms with E-state index < -0.39 is 17.1 Å². The van der Waals surface area contributed by atoms with Crippen molar-refractivity contribution in [1.82, 2.24) is 10.2 Å². The number of aromatic hydroxyl groups is 1. The van der Waals surface area contributed by atoms with Crippen LogP contribution in [0.15, 0.2) is 49.1 Å². The maximum absolute atomic E-state index is 13.3. The molecule has 1 spiro atoms. The largest absolute Gasteiger partial charge is 0.504 e. The van der Waals surface area contributed by atoms with Gasteiger partial charge in [0.15, 0.2) is 11.5 Å². The molecule has 2 aromatic rings. The maximum atomic E-state index is 13.3. The second-order valence-electron chi connectivity index (χ2n) is 10.7. The number of rotatable bonds is 5. The standard InChI is InChI=1S/C28H33N3O4/c1-3-13-31-14-12-27-23-18-6-9-21(32)24(23)35-25(27)20(10-11-28(27,34)22(31)15-18)30-26(33)16(2)17-4-7-19(29)8-5-17/h3-9,16,20,22,25,32,34H,1,10-15,29H2,2H3,(H,30,33)/t16?,20?,22-,25?,27+,28-/m1/s1. The van der Waals surface area contributed by atoms with Gasteiger partial charge in [-0.3, -0.25) is 9.69 Å². The zero-order valence-corrected chi connectivity index (χ0v) is 20.0. The third-order valence-electron chi connectivity index (χ3n) is 9.09. The molecule has 2 fully saturated rings. The Balaban J connectivity index is 1.37. The van der Waals surface area contributed by atoms with Crippen LogP contribution in [-0.2, 0) is 16.6 Å². The molecule has 0 radical (unpaired) electrons. The van der Waals surface area contributed by atoms with Gasteiger partial charge in [-0.25, -0.2) is 0 Å². The van der Waals surface area contributed by atoms with Crippen molar-refractivity contribution in [3.63, 3.8) is 0 Å². The fourth-order valence-corrected chi connectivity index (χ4v) is 7.41. The van der Waals surface area contributed by atoms with Gasteiger partial charge in [0.05, 0.1) is 23.0 Å². The van der Waals surface area contributed by atoms with E-state index in [0.717, 1.165) is 23.2 Å². The molecular weight excluding hydrogens is 442 g/mol. The van der Waals surface area contributed by atoms with Crippen LogP contribution < -0.4 is 15.8 Å². The number of anilines is 1. The molecule has 6 atom stereocenters. The minimum Gasteiger partial charge on any atom is -0.504 e. The van der Waals surface area contributed by atoms with Gasteiger partial charge in [-0.05, 0) is 68.5 Å². The number of nitrogen functional groups attached to an aromatic ring is 1. The van der Waals surface area contributed by atoms with E-state index in [1.807, 2.05) is 31.2 Å². The lowest BCUT2D eigenvalue weighted by Gasteiger charge is -2.64. The molecular formula is C28H33N3O4. The number of nitrogens with zero attached hydrogens (tertiary/aromatic N) is 1. The minimum atomic E-state index is -1.01. The van der Waals surface area contributed by atoms with E-state index in [1.165, 1.54) is 0 Å². The smallest absolute Gasteiger partial charge is 0.227 e. The molecule has 6 rings (SSSR count). The van der Waals surface area contributed by atoms with Crippen molar-refractivity contribution in [2.24, 2.45) is 0 Å². The van der Waals surface area contributed by atoms with Crippen molar-refractivity contribution >= 4 is 11.6 Å². The van der Waals surface area contributed by atoms with Crippen LogP contribution in [0.3, 0.4) is 0 Å². The Bertz CT molecular complexity index is 1200. The Kier molecular flexibility index (Phi) is 4.96. The molecule has 2 aliphatic heterocycles. The summed E-state index contributed by atoms with van der Waals surface area (Å²) >= 11 is 0. The number of likely N-dealkylation sites (tertiary alicyclic amines) is 1. The van der Waals surface area contributed by atoms with Gasteiger partial charge in [-0.1, -0.05) is 24.3 Å². The van der Waals surface area contributed by atoms with Crippen molar-refractivity contribution in [3.8, 4) is 11.5 Å². The Morgan fingerprint density at radius 2 is 2.09 bits per heavy atom. The summed E-state index contributed by atoms with van der Waals surface area (Å²) in [5, 5.41) is 26.4. The van der Waals surface area contributed by atoms with Crippen molar-refractivity contribution in [3.05, 3.63) is 65.7 Å². The SMILES string of the molecule is C=CCN1CC[C@]23c4c5ccc(O)c4OC2C(NC(=O)C(C)c2ccc(N)cc2)CC[C@@]3(O)[C@H]1C5. The molecule has 1 saturated carbocycles. The molecule has 2 aromatic carbocycles. The van der Waals surface area contributed by atoms with Crippen molar-refractivity contribution in [2.75, 3.05) is 18.8 Å². The number of amides is 1. The number of nitrogens with one attached hydrogen (secondary N) is 1. The third-order valence-corrected chi connectivity index (χ3v) is 9.09. The zero-order chi connectivity index (χ0) is 24.5. The summed E-state index contributed by atoms with van der Waals surface area (Å²) in [4.78, 5) is 15.7. The molecule has 3 unspecified atom stereocenters. The van der Waals surface area contributed by atoms with Gasteiger partial charge in [-0.15, -0.1) is 6.58 Å². The van der Waals surface area contributed by atoms with Crippen LogP contribution >= 0.6 is 0 Å². The maximum Gasteiger partial charge on any atom is 0.227 e. The first-order chi connectivity index (χ1) is 16.8. The van der Waals surface area contributed by atoms with Crippen LogP contribution in [0.25, 0.3) is 0 Å². The van der Waals surface area contributed by atoms with E-state index in [9.17, 15) is 15.0 Å². The first-order valence-electron chi connectivity index (χ1n) is 12.6. The van der Waals surface area contributed by atoms with Crippen LogP contribution in [0.1, 0.15) is 48.8 Å². The Hall–Kier alpha value is -3.03. The van der Waals surface area contributed by atoms with Crippen LogP contribution in [0, 0.1) is 0 Å². The Morgan fingerprint density at radius 1 is 1.31 bits per heavy atom. The lowest BCUT2D eigenvalue weighted by Crippen LogP contribution is -2.78. The molecule has 2 bridgehead atoms. The second-order valence-corrected chi connectivity index (χ2v) is 10.7. The Morgan fingerprint density at radius 3 is 2.83 bits per heavy atom. The van der Waals surface area contributed by atoms with E-state index in [1.54, 1.807) is 18.2 Å². The fraction of sp³-hybridized carbons (Fsp3) is 0.464. The summed E-state index contributed by atoms with van der Waals surface area (Å²) in [6.07, 6.45) is 4.01. The van der Waals surface area contributed by atoms with Gasteiger partial charge in [0, 0.05) is 23.8 Å². The average Bonchev–Trinajstić information content (AvgIpc) is 3.20. The second kappa shape index (κ2) is 7.73. The summed E-state index contributed by atoms with van der Waals surface area (Å²) in [5.41, 5.74) is 7.76. The summed E-state index contributed by atoms with van der Waals surface area (Å²) in [7, 11) is 0. The van der Waals surface area contributed by atoms with E-state index >= 15 is 0 Å². The predicted molar refractivity (Wildman–Crippen MR) is 133 cm³/mol. The zero-order valence-electron chi connectivity index (χ0n) is 20.0. The van der Waals surface area contributed by atoms with Gasteiger partial charge >= 0.3 is 0 Å². The molecule has 7 heteroatoms. The van der Waals surface area contributed by atoms with Crippen LogP contribution in [0.2, 0.25) is 0 Å². The molecule has 7 nitrogen and oxygen atoms in total. The molecule has 1 amide bonds. The first-order valence-corrected chi connectivity index (χ1v) is 12.6. The fourth-order valence-electron chi connectivity index (χ4n) is 7.41. The lowest BCUT2D eigenvalue weighted by atomic mass is 9.48. The Labute approximate surface area is 205 Å². The molecule has 184 valence electrons. The van der Waals surface area contributed by atoms with Gasteiger partial charge in [0.1, 0.15) is 6.10 Å². The lowest BCUT2D eigenvalue weighted by molar-refractivity contribution is -0.190. The van der Waals surface area contributed by atoms with E-state index in [0.29, 0.717) is 43.7 Å². The number of phenolic OH excluding ortho intramolecular Hbond substituents is 1. The number of ether oxygens (including phenoxy) is 1. The highest BCUT2D eigenvalue weighted by molar-refractivity contribution is 5.83. The van der Waals surface area contributed by atoms with Crippen molar-refractivity contribution in [1.29, 1.82) is 0 Å². The summed E-state index contributed by atoms with van der Waals surface area (Å²) < 4.78 is 6.50. The molecule has 35 heavy (non-hydrogen) atoms.